The van der Waals surface area contributed by atoms with Crippen LogP contribution in [0.2, 0.25) is 0 Å². The molecule has 1 saturated heterocycles. The van der Waals surface area contributed by atoms with Gasteiger partial charge in [0, 0.05) is 31.0 Å². The molecule has 5 heteroatoms. The van der Waals surface area contributed by atoms with Crippen molar-refractivity contribution in [2.75, 3.05) is 6.54 Å². The van der Waals surface area contributed by atoms with Gasteiger partial charge in [-0.1, -0.05) is 12.1 Å². The average molecular weight is 299 g/mol. The lowest BCUT2D eigenvalue weighted by Gasteiger charge is -2.23. The van der Waals surface area contributed by atoms with Gasteiger partial charge in [0.05, 0.1) is 5.69 Å². The first-order valence-electron chi connectivity index (χ1n) is 7.93. The molecule has 0 bridgehead atoms. The van der Waals surface area contributed by atoms with E-state index in [9.17, 15) is 4.79 Å². The monoisotopic (exact) mass is 299 g/mol. The molecule has 3 heterocycles. The number of amides is 1. The Morgan fingerprint density at radius 3 is 2.95 bits per heavy atom. The lowest BCUT2D eigenvalue weighted by atomic mass is 10.0. The second-order valence-electron chi connectivity index (χ2n) is 5.72. The maximum absolute atomic E-state index is 12.6. The zero-order valence-electron chi connectivity index (χ0n) is 12.9. The molecule has 0 radical (unpaired) electrons. The highest BCUT2D eigenvalue weighted by atomic mass is 16.5. The van der Waals surface area contributed by atoms with Crippen molar-refractivity contribution >= 4 is 5.91 Å². The molecule has 1 atom stereocenters. The van der Waals surface area contributed by atoms with Crippen LogP contribution >= 0.6 is 0 Å². The number of carbonyl (C=O) groups excluding carboxylic acids is 1. The van der Waals surface area contributed by atoms with Crippen LogP contribution in [0, 0.1) is 0 Å². The van der Waals surface area contributed by atoms with E-state index in [2.05, 4.69) is 10.1 Å². The van der Waals surface area contributed by atoms with Crippen molar-refractivity contribution in [3.8, 4) is 0 Å². The van der Waals surface area contributed by atoms with Crippen LogP contribution in [0.15, 0.2) is 35.1 Å². The third kappa shape index (κ3) is 3.18. The highest BCUT2D eigenvalue weighted by Gasteiger charge is 2.31. The molecule has 1 aliphatic heterocycles. The number of rotatable bonds is 5. The van der Waals surface area contributed by atoms with Gasteiger partial charge >= 0.3 is 0 Å². The van der Waals surface area contributed by atoms with Crippen molar-refractivity contribution in [3.63, 3.8) is 0 Å². The molecule has 2 aromatic rings. The fourth-order valence-corrected chi connectivity index (χ4v) is 3.01. The van der Waals surface area contributed by atoms with Gasteiger partial charge in [0.1, 0.15) is 0 Å². The van der Waals surface area contributed by atoms with Gasteiger partial charge in [0.15, 0.2) is 0 Å². The summed E-state index contributed by atoms with van der Waals surface area (Å²) in [4.78, 5) is 18.6. The van der Waals surface area contributed by atoms with Crippen LogP contribution in [0.5, 0.6) is 0 Å². The maximum Gasteiger partial charge on any atom is 0.292 e. The van der Waals surface area contributed by atoms with E-state index in [4.69, 9.17) is 4.52 Å². The number of aromatic nitrogens is 2. The minimum absolute atomic E-state index is 0.0237. The largest absolute Gasteiger partial charge is 0.351 e. The van der Waals surface area contributed by atoms with Crippen LogP contribution in [-0.4, -0.2) is 33.5 Å². The molecular formula is C17H21N3O2. The van der Waals surface area contributed by atoms with Gasteiger partial charge in [-0.25, -0.2) is 0 Å². The number of pyridine rings is 1. The van der Waals surface area contributed by atoms with E-state index in [0.717, 1.165) is 44.3 Å². The quantitative estimate of drug-likeness (QED) is 0.852. The van der Waals surface area contributed by atoms with Crippen molar-refractivity contribution in [2.45, 2.75) is 45.1 Å². The van der Waals surface area contributed by atoms with Crippen LogP contribution < -0.4 is 0 Å². The maximum atomic E-state index is 12.6. The minimum atomic E-state index is -0.0237. The summed E-state index contributed by atoms with van der Waals surface area (Å²) in [6, 6.07) is 6.12. The molecule has 0 aliphatic carbocycles. The molecule has 0 spiro atoms. The van der Waals surface area contributed by atoms with E-state index in [1.165, 1.54) is 5.56 Å². The predicted molar refractivity (Wildman–Crippen MR) is 82.5 cm³/mol. The molecule has 116 valence electrons. The summed E-state index contributed by atoms with van der Waals surface area (Å²) >= 11 is 0. The van der Waals surface area contributed by atoms with Crippen molar-refractivity contribution < 1.29 is 9.32 Å². The molecule has 0 aromatic carbocycles. The average Bonchev–Trinajstić information content (AvgIpc) is 3.22. The Balaban J connectivity index is 1.63. The van der Waals surface area contributed by atoms with Gasteiger partial charge < -0.3 is 9.42 Å². The molecule has 0 N–H and O–H groups in total. The predicted octanol–water partition coefficient (Wildman–Crippen LogP) is 2.87. The summed E-state index contributed by atoms with van der Waals surface area (Å²) in [6.07, 6.45) is 8.47. The summed E-state index contributed by atoms with van der Waals surface area (Å²) in [7, 11) is 0. The van der Waals surface area contributed by atoms with Gasteiger partial charge in [-0.3, -0.25) is 9.78 Å². The molecule has 0 unspecified atom stereocenters. The minimum Gasteiger partial charge on any atom is -0.351 e. The van der Waals surface area contributed by atoms with Crippen LogP contribution in [0.3, 0.4) is 0 Å². The van der Waals surface area contributed by atoms with Crippen molar-refractivity contribution in [2.24, 2.45) is 0 Å². The number of carbonyl (C=O) groups is 1. The summed E-state index contributed by atoms with van der Waals surface area (Å²) in [5, 5.41) is 3.92. The Morgan fingerprint density at radius 2 is 2.23 bits per heavy atom. The van der Waals surface area contributed by atoms with E-state index in [0.29, 0.717) is 5.76 Å². The zero-order chi connectivity index (χ0) is 15.4. The van der Waals surface area contributed by atoms with E-state index in [1.807, 2.05) is 36.4 Å². The van der Waals surface area contributed by atoms with Gasteiger partial charge in [0.2, 0.25) is 5.76 Å². The molecule has 1 fully saturated rings. The van der Waals surface area contributed by atoms with Gasteiger partial charge in [-0.15, -0.1) is 0 Å². The number of hydrogen-bond acceptors (Lipinski definition) is 4. The molecule has 1 aliphatic rings. The Bertz CT molecular complexity index is 624. The number of hydrogen-bond donors (Lipinski definition) is 0. The standard InChI is InChI=1S/C17H21N3O2/c1-2-14-12-16(22-19-14)17(21)20-11-3-4-15(20)6-5-13-7-9-18-10-8-13/h7-10,12,15H,2-6,11H2,1H3/t15-/m0/s1. The van der Waals surface area contributed by atoms with Crippen molar-refractivity contribution in [3.05, 3.63) is 47.6 Å². The molecule has 2 aromatic heterocycles. The summed E-state index contributed by atoms with van der Waals surface area (Å²) in [5.74, 6) is 0.345. The first-order valence-corrected chi connectivity index (χ1v) is 7.93. The molecule has 22 heavy (non-hydrogen) atoms. The second kappa shape index (κ2) is 6.73. The fourth-order valence-electron chi connectivity index (χ4n) is 3.01. The van der Waals surface area contributed by atoms with E-state index >= 15 is 0 Å². The van der Waals surface area contributed by atoms with Crippen molar-refractivity contribution in [1.29, 1.82) is 0 Å². The number of aryl methyl sites for hydroxylation is 2. The van der Waals surface area contributed by atoms with Crippen LogP contribution in [0.4, 0.5) is 0 Å². The second-order valence-corrected chi connectivity index (χ2v) is 5.72. The Labute approximate surface area is 130 Å². The van der Waals surface area contributed by atoms with Gasteiger partial charge in [0.25, 0.3) is 5.91 Å². The van der Waals surface area contributed by atoms with Crippen LogP contribution in [-0.2, 0) is 12.8 Å². The fraction of sp³-hybridized carbons (Fsp3) is 0.471. The summed E-state index contributed by atoms with van der Waals surface area (Å²) in [6.45, 7) is 2.81. The molecule has 0 saturated carbocycles. The first-order chi connectivity index (χ1) is 10.8. The van der Waals surface area contributed by atoms with Gasteiger partial charge in [-0.05, 0) is 49.8 Å². The highest BCUT2D eigenvalue weighted by molar-refractivity contribution is 5.91. The normalized spacial score (nSPS) is 17.9. The number of likely N-dealkylation sites (tertiary alicyclic amines) is 1. The third-order valence-corrected chi connectivity index (χ3v) is 4.29. The van der Waals surface area contributed by atoms with Crippen LogP contribution in [0.1, 0.15) is 48.0 Å². The molecule has 5 nitrogen and oxygen atoms in total. The van der Waals surface area contributed by atoms with E-state index in [1.54, 1.807) is 6.07 Å². The highest BCUT2D eigenvalue weighted by Crippen LogP contribution is 2.24. The lowest BCUT2D eigenvalue weighted by molar-refractivity contribution is 0.0688. The SMILES string of the molecule is CCc1cc(C(=O)N2CCC[C@H]2CCc2ccncc2)on1. The Kier molecular flexibility index (Phi) is 4.51. The smallest absolute Gasteiger partial charge is 0.292 e. The van der Waals surface area contributed by atoms with Crippen molar-refractivity contribution in [1.82, 2.24) is 15.0 Å². The van der Waals surface area contributed by atoms with E-state index < -0.39 is 0 Å². The van der Waals surface area contributed by atoms with E-state index in [-0.39, 0.29) is 11.9 Å². The number of nitrogens with zero attached hydrogens (tertiary/aromatic N) is 3. The molecular weight excluding hydrogens is 278 g/mol. The van der Waals surface area contributed by atoms with Crippen LogP contribution in [0.25, 0.3) is 0 Å². The Morgan fingerprint density at radius 1 is 1.41 bits per heavy atom. The molecule has 1 amide bonds. The summed E-state index contributed by atoms with van der Waals surface area (Å²) in [5.41, 5.74) is 2.10. The zero-order valence-corrected chi connectivity index (χ0v) is 12.9. The lowest BCUT2D eigenvalue weighted by Crippen LogP contribution is -2.35. The third-order valence-electron chi connectivity index (χ3n) is 4.29. The first kappa shape index (κ1) is 14.8. The van der Waals surface area contributed by atoms with Gasteiger partial charge in [-0.2, -0.15) is 0 Å². The molecule has 3 rings (SSSR count). The topological polar surface area (TPSA) is 59.2 Å². The Hall–Kier alpha value is -2.17. The summed E-state index contributed by atoms with van der Waals surface area (Å²) < 4.78 is 5.19.